The number of hydrogen-bond acceptors (Lipinski definition) is 2. The smallest absolute Gasteiger partial charge is 0.215 e. The molecule has 126 valence electrons. The van der Waals surface area contributed by atoms with Crippen LogP contribution in [0.3, 0.4) is 0 Å². The van der Waals surface area contributed by atoms with Gasteiger partial charge in [-0.1, -0.05) is 48.5 Å². The number of benzene rings is 2. The van der Waals surface area contributed by atoms with Crippen LogP contribution in [0.25, 0.3) is 10.9 Å². The average Bonchev–Trinajstić information content (AvgIpc) is 2.80. The Morgan fingerprint density at radius 3 is 2.42 bits per heavy atom. The maximum absolute atomic E-state index is 12.2. The minimum absolute atomic E-state index is 0.0162. The number of aromatic nitrogens is 1. The molecule has 5 heteroatoms. The van der Waals surface area contributed by atoms with Gasteiger partial charge in [0.25, 0.3) is 0 Å². The van der Waals surface area contributed by atoms with Crippen molar-refractivity contribution in [3.05, 3.63) is 71.4 Å². The van der Waals surface area contributed by atoms with Crippen LogP contribution in [0, 0.1) is 6.92 Å². The highest BCUT2D eigenvalue weighted by atomic mass is 32.2. The van der Waals surface area contributed by atoms with Crippen molar-refractivity contribution in [2.75, 3.05) is 6.54 Å². The van der Waals surface area contributed by atoms with E-state index in [0.29, 0.717) is 13.0 Å². The third-order valence-electron chi connectivity index (χ3n) is 4.43. The van der Waals surface area contributed by atoms with Gasteiger partial charge in [0.2, 0.25) is 10.0 Å². The molecule has 4 nitrogen and oxygen atoms in total. The Hall–Kier alpha value is -2.11. The van der Waals surface area contributed by atoms with Crippen LogP contribution in [-0.4, -0.2) is 19.5 Å². The Morgan fingerprint density at radius 2 is 1.67 bits per heavy atom. The molecule has 0 spiro atoms. The Morgan fingerprint density at radius 1 is 1.00 bits per heavy atom. The van der Waals surface area contributed by atoms with E-state index in [4.69, 9.17) is 0 Å². The summed E-state index contributed by atoms with van der Waals surface area (Å²) >= 11 is 0. The number of fused-ring (bicyclic) bond motifs is 1. The molecule has 0 fully saturated rings. The molecule has 1 heterocycles. The van der Waals surface area contributed by atoms with Crippen LogP contribution in [0.15, 0.2) is 54.6 Å². The lowest BCUT2D eigenvalue weighted by molar-refractivity contribution is 0.580. The highest BCUT2D eigenvalue weighted by Crippen LogP contribution is 2.24. The normalized spacial score (nSPS) is 11.9. The molecule has 0 aliphatic rings. The van der Waals surface area contributed by atoms with Crippen molar-refractivity contribution in [3.8, 4) is 0 Å². The molecule has 1 aromatic heterocycles. The van der Waals surface area contributed by atoms with E-state index < -0.39 is 10.0 Å². The number of aryl methyl sites for hydroxylation is 1. The van der Waals surface area contributed by atoms with Gasteiger partial charge in [-0.05, 0) is 30.5 Å². The van der Waals surface area contributed by atoms with E-state index >= 15 is 0 Å². The summed E-state index contributed by atoms with van der Waals surface area (Å²) in [5, 5.41) is 1.19. The first kappa shape index (κ1) is 16.7. The zero-order valence-electron chi connectivity index (χ0n) is 14.0. The quantitative estimate of drug-likeness (QED) is 0.748. The molecule has 2 aromatic carbocycles. The molecule has 0 aliphatic heterocycles. The monoisotopic (exact) mass is 342 g/mol. The Labute approximate surface area is 143 Å². The fraction of sp³-hybridized carbons (Fsp3) is 0.263. The standard InChI is InChI=1S/C19H22N2O2S/c1-15-17(18-10-6-7-11-19(18)21(15)2)12-13-20-24(22,23)14-16-8-4-3-5-9-16/h3-11,20H,12-14H2,1-2H3. The van der Waals surface area contributed by atoms with Crippen LogP contribution < -0.4 is 4.72 Å². The molecule has 0 radical (unpaired) electrons. The Balaban J connectivity index is 1.70. The van der Waals surface area contributed by atoms with E-state index in [1.54, 1.807) is 0 Å². The molecule has 0 unspecified atom stereocenters. The summed E-state index contributed by atoms with van der Waals surface area (Å²) in [4.78, 5) is 0. The van der Waals surface area contributed by atoms with E-state index in [1.165, 1.54) is 22.2 Å². The van der Waals surface area contributed by atoms with Crippen molar-refractivity contribution < 1.29 is 8.42 Å². The maximum atomic E-state index is 12.2. The average molecular weight is 342 g/mol. The number of sulfonamides is 1. The summed E-state index contributed by atoms with van der Waals surface area (Å²) in [6.07, 6.45) is 0.682. The molecule has 1 N–H and O–H groups in total. The van der Waals surface area contributed by atoms with Gasteiger partial charge in [0.1, 0.15) is 0 Å². The molecule has 0 saturated carbocycles. The molecular weight excluding hydrogens is 320 g/mol. The summed E-state index contributed by atoms with van der Waals surface area (Å²) in [6, 6.07) is 17.5. The van der Waals surface area contributed by atoms with Crippen LogP contribution in [0.5, 0.6) is 0 Å². The molecule has 0 amide bonds. The van der Waals surface area contributed by atoms with Gasteiger partial charge in [-0.2, -0.15) is 0 Å². The first-order valence-corrected chi connectivity index (χ1v) is 9.67. The van der Waals surface area contributed by atoms with Gasteiger partial charge in [-0.15, -0.1) is 0 Å². The van der Waals surface area contributed by atoms with Crippen molar-refractivity contribution in [1.29, 1.82) is 0 Å². The van der Waals surface area contributed by atoms with Crippen LogP contribution >= 0.6 is 0 Å². The third kappa shape index (κ3) is 3.52. The number of hydrogen-bond donors (Lipinski definition) is 1. The molecule has 0 aliphatic carbocycles. The van der Waals surface area contributed by atoms with Crippen LogP contribution in [-0.2, 0) is 29.2 Å². The number of para-hydroxylation sites is 1. The maximum Gasteiger partial charge on any atom is 0.215 e. The minimum atomic E-state index is -3.32. The molecule has 0 saturated heterocycles. The van der Waals surface area contributed by atoms with Gasteiger partial charge in [0.15, 0.2) is 0 Å². The predicted octanol–water partition coefficient (Wildman–Crippen LogP) is 3.15. The lowest BCUT2D eigenvalue weighted by atomic mass is 10.1. The highest BCUT2D eigenvalue weighted by Gasteiger charge is 2.14. The van der Waals surface area contributed by atoms with Gasteiger partial charge in [0, 0.05) is 30.2 Å². The summed E-state index contributed by atoms with van der Waals surface area (Å²) in [5.41, 5.74) is 4.36. The summed E-state index contributed by atoms with van der Waals surface area (Å²) < 4.78 is 29.3. The van der Waals surface area contributed by atoms with E-state index in [-0.39, 0.29) is 5.75 Å². The molecule has 0 atom stereocenters. The van der Waals surface area contributed by atoms with Crippen molar-refractivity contribution >= 4 is 20.9 Å². The molecule has 24 heavy (non-hydrogen) atoms. The second kappa shape index (κ2) is 6.79. The molecular formula is C19H22N2O2S. The lowest BCUT2D eigenvalue weighted by Crippen LogP contribution is -2.27. The minimum Gasteiger partial charge on any atom is -0.348 e. The fourth-order valence-electron chi connectivity index (χ4n) is 3.09. The topological polar surface area (TPSA) is 51.1 Å². The highest BCUT2D eigenvalue weighted by molar-refractivity contribution is 7.88. The second-order valence-electron chi connectivity index (χ2n) is 6.03. The lowest BCUT2D eigenvalue weighted by Gasteiger charge is -2.07. The zero-order valence-corrected chi connectivity index (χ0v) is 14.8. The Kier molecular flexibility index (Phi) is 4.73. The van der Waals surface area contributed by atoms with Crippen molar-refractivity contribution in [1.82, 2.24) is 9.29 Å². The van der Waals surface area contributed by atoms with Crippen LogP contribution in [0.1, 0.15) is 16.8 Å². The van der Waals surface area contributed by atoms with Gasteiger partial charge in [-0.3, -0.25) is 0 Å². The summed E-state index contributed by atoms with van der Waals surface area (Å²) in [5.74, 6) is 0.0162. The molecule has 3 aromatic rings. The Bertz CT molecular complexity index is 944. The zero-order chi connectivity index (χ0) is 17.2. The second-order valence-corrected chi connectivity index (χ2v) is 7.84. The summed E-state index contributed by atoms with van der Waals surface area (Å²) in [6.45, 7) is 2.48. The first-order valence-electron chi connectivity index (χ1n) is 8.02. The van der Waals surface area contributed by atoms with Gasteiger partial charge in [-0.25, -0.2) is 13.1 Å². The third-order valence-corrected chi connectivity index (χ3v) is 5.78. The van der Waals surface area contributed by atoms with Crippen molar-refractivity contribution in [2.45, 2.75) is 19.1 Å². The number of rotatable bonds is 6. The van der Waals surface area contributed by atoms with Gasteiger partial charge in [0.05, 0.1) is 5.75 Å². The van der Waals surface area contributed by atoms with Gasteiger partial charge >= 0.3 is 0 Å². The largest absolute Gasteiger partial charge is 0.348 e. The SMILES string of the molecule is Cc1c(CCNS(=O)(=O)Cc2ccccc2)c2ccccc2n1C. The predicted molar refractivity (Wildman–Crippen MR) is 98.4 cm³/mol. The van der Waals surface area contributed by atoms with Crippen LogP contribution in [0.2, 0.25) is 0 Å². The summed E-state index contributed by atoms with van der Waals surface area (Å²) in [7, 11) is -1.28. The molecule has 0 bridgehead atoms. The fourth-order valence-corrected chi connectivity index (χ4v) is 4.24. The van der Waals surface area contributed by atoms with Crippen LogP contribution in [0.4, 0.5) is 0 Å². The first-order chi connectivity index (χ1) is 11.5. The van der Waals surface area contributed by atoms with E-state index in [1.807, 2.05) is 49.5 Å². The van der Waals surface area contributed by atoms with Gasteiger partial charge < -0.3 is 4.57 Å². The number of nitrogens with zero attached hydrogens (tertiary/aromatic N) is 1. The van der Waals surface area contributed by atoms with Crippen molar-refractivity contribution in [3.63, 3.8) is 0 Å². The van der Waals surface area contributed by atoms with E-state index in [2.05, 4.69) is 28.3 Å². The van der Waals surface area contributed by atoms with E-state index in [0.717, 1.165) is 5.56 Å². The van der Waals surface area contributed by atoms with E-state index in [9.17, 15) is 8.42 Å². The van der Waals surface area contributed by atoms with Crippen molar-refractivity contribution in [2.24, 2.45) is 7.05 Å². The number of nitrogens with one attached hydrogen (secondary N) is 1. The molecule has 3 rings (SSSR count).